The molecule has 1 aliphatic carbocycles. The number of ether oxygens (including phenoxy) is 1. The SMILES string of the molecule is CN(C)c1ccc(/C=C2/CCC[C@H]3C2=NN(C(=O)COc2ccccc2F)[C@@H]3c2ccc(N(C)C)cc2)cc1. The average molecular weight is 527 g/mol. The molecule has 6 nitrogen and oxygen atoms in total. The van der Waals surface area contributed by atoms with Crippen LogP contribution in [0.15, 0.2) is 83.5 Å². The third kappa shape index (κ3) is 5.67. The van der Waals surface area contributed by atoms with Crippen LogP contribution < -0.4 is 14.5 Å². The van der Waals surface area contributed by atoms with Crippen LogP contribution in [-0.4, -0.2) is 51.4 Å². The first-order valence-corrected chi connectivity index (χ1v) is 13.4. The Morgan fingerprint density at radius 2 is 1.62 bits per heavy atom. The minimum Gasteiger partial charge on any atom is -0.481 e. The largest absolute Gasteiger partial charge is 0.481 e. The van der Waals surface area contributed by atoms with E-state index in [0.717, 1.165) is 53.0 Å². The molecule has 5 rings (SSSR count). The summed E-state index contributed by atoms with van der Waals surface area (Å²) in [4.78, 5) is 17.7. The molecule has 1 amide bonds. The van der Waals surface area contributed by atoms with E-state index in [0.29, 0.717) is 0 Å². The van der Waals surface area contributed by atoms with Gasteiger partial charge in [0.2, 0.25) is 0 Å². The maximum Gasteiger partial charge on any atom is 0.281 e. The molecule has 2 atom stereocenters. The van der Waals surface area contributed by atoms with Crippen LogP contribution in [0.25, 0.3) is 6.08 Å². The van der Waals surface area contributed by atoms with E-state index in [1.807, 2.05) is 28.2 Å². The number of hydrogen-bond donors (Lipinski definition) is 0. The number of para-hydroxylation sites is 1. The van der Waals surface area contributed by atoms with Crippen molar-refractivity contribution in [2.24, 2.45) is 11.0 Å². The summed E-state index contributed by atoms with van der Waals surface area (Å²) in [5.74, 6) is -0.651. The Kier molecular flexibility index (Phi) is 7.68. The van der Waals surface area contributed by atoms with Gasteiger partial charge in [0.25, 0.3) is 5.91 Å². The highest BCUT2D eigenvalue weighted by molar-refractivity contribution is 6.08. The van der Waals surface area contributed by atoms with Gasteiger partial charge in [-0.2, -0.15) is 5.10 Å². The average Bonchev–Trinajstić information content (AvgIpc) is 3.33. The van der Waals surface area contributed by atoms with E-state index in [1.54, 1.807) is 17.1 Å². The molecule has 0 bridgehead atoms. The summed E-state index contributed by atoms with van der Waals surface area (Å²) in [6, 6.07) is 22.6. The molecule has 0 saturated heterocycles. The molecule has 0 spiro atoms. The smallest absolute Gasteiger partial charge is 0.281 e. The molecule has 202 valence electrons. The number of fused-ring (bicyclic) bond motifs is 1. The third-order valence-electron chi connectivity index (χ3n) is 7.45. The van der Waals surface area contributed by atoms with E-state index in [9.17, 15) is 9.18 Å². The van der Waals surface area contributed by atoms with Gasteiger partial charge >= 0.3 is 0 Å². The zero-order chi connectivity index (χ0) is 27.5. The van der Waals surface area contributed by atoms with Crippen LogP contribution in [0.5, 0.6) is 5.75 Å². The number of allylic oxidation sites excluding steroid dienone is 1. The topological polar surface area (TPSA) is 48.4 Å². The molecular weight excluding hydrogens is 491 g/mol. The van der Waals surface area contributed by atoms with Crippen molar-refractivity contribution in [3.8, 4) is 5.75 Å². The zero-order valence-corrected chi connectivity index (χ0v) is 23.0. The molecule has 0 N–H and O–H groups in total. The Hall–Kier alpha value is -4.13. The lowest BCUT2D eigenvalue weighted by atomic mass is 9.77. The Balaban J connectivity index is 1.47. The number of rotatable bonds is 7. The lowest BCUT2D eigenvalue weighted by Crippen LogP contribution is -2.34. The van der Waals surface area contributed by atoms with Gasteiger partial charge in [0, 0.05) is 45.5 Å². The van der Waals surface area contributed by atoms with Gasteiger partial charge in [-0.05, 0) is 78.4 Å². The standard InChI is InChI=1S/C32H35FN4O2/c1-35(2)25-16-12-22(13-17-25)20-24-8-7-9-27-31(24)34-37(30(38)21-39-29-11-6-5-10-28(29)33)32(27)23-14-18-26(19-15-23)36(3)4/h5-6,10-20,27,32H,7-9,21H2,1-4H3/b24-20-/t27-,32+/m0/s1. The van der Waals surface area contributed by atoms with Gasteiger partial charge in [-0.1, -0.05) is 36.4 Å². The highest BCUT2D eigenvalue weighted by atomic mass is 19.1. The maximum atomic E-state index is 14.1. The van der Waals surface area contributed by atoms with Crippen molar-refractivity contribution in [3.63, 3.8) is 0 Å². The summed E-state index contributed by atoms with van der Waals surface area (Å²) in [5, 5.41) is 6.49. The van der Waals surface area contributed by atoms with Gasteiger partial charge in [0.15, 0.2) is 18.2 Å². The van der Waals surface area contributed by atoms with Crippen molar-refractivity contribution in [2.45, 2.75) is 25.3 Å². The maximum absolute atomic E-state index is 14.1. The van der Waals surface area contributed by atoms with Crippen LogP contribution in [-0.2, 0) is 4.79 Å². The number of halogens is 1. The molecule has 0 aromatic heterocycles. The molecule has 0 unspecified atom stereocenters. The minimum absolute atomic E-state index is 0.0590. The summed E-state index contributed by atoms with van der Waals surface area (Å²) in [5.41, 5.74) is 6.48. The summed E-state index contributed by atoms with van der Waals surface area (Å²) >= 11 is 0. The Morgan fingerprint density at radius 3 is 2.26 bits per heavy atom. The number of amides is 1. The van der Waals surface area contributed by atoms with Crippen molar-refractivity contribution >= 4 is 29.1 Å². The van der Waals surface area contributed by atoms with Crippen LogP contribution in [0.1, 0.15) is 36.4 Å². The Labute approximate surface area is 230 Å². The van der Waals surface area contributed by atoms with Crippen LogP contribution >= 0.6 is 0 Å². The first kappa shape index (κ1) is 26.5. The lowest BCUT2D eigenvalue weighted by molar-refractivity contribution is -0.135. The highest BCUT2D eigenvalue weighted by Crippen LogP contribution is 2.44. The monoisotopic (exact) mass is 526 g/mol. The van der Waals surface area contributed by atoms with Gasteiger partial charge in [-0.15, -0.1) is 0 Å². The molecule has 0 radical (unpaired) electrons. The van der Waals surface area contributed by atoms with Gasteiger partial charge in [-0.3, -0.25) is 4.79 Å². The first-order valence-electron chi connectivity index (χ1n) is 13.4. The van der Waals surface area contributed by atoms with Gasteiger partial charge in [0.05, 0.1) is 11.8 Å². The second-order valence-electron chi connectivity index (χ2n) is 10.5. The fourth-order valence-corrected chi connectivity index (χ4v) is 5.35. The zero-order valence-electron chi connectivity index (χ0n) is 23.0. The van der Waals surface area contributed by atoms with Crippen LogP contribution in [0.4, 0.5) is 15.8 Å². The number of nitrogens with zero attached hydrogens (tertiary/aromatic N) is 4. The normalized spacial score (nSPS) is 19.5. The summed E-state index contributed by atoms with van der Waals surface area (Å²) in [6.07, 6.45) is 5.06. The Morgan fingerprint density at radius 1 is 0.974 bits per heavy atom. The number of anilines is 2. The predicted molar refractivity (Wildman–Crippen MR) is 156 cm³/mol. The number of carbonyl (C=O) groups is 1. The second kappa shape index (κ2) is 11.3. The molecule has 3 aromatic carbocycles. The Bertz CT molecular complexity index is 1380. The summed E-state index contributed by atoms with van der Waals surface area (Å²) in [7, 11) is 8.06. The van der Waals surface area contributed by atoms with E-state index in [2.05, 4.69) is 64.4 Å². The fraction of sp³-hybridized carbons (Fsp3) is 0.312. The predicted octanol–water partition coefficient (Wildman–Crippen LogP) is 6.16. The van der Waals surface area contributed by atoms with E-state index in [1.165, 1.54) is 12.1 Å². The van der Waals surface area contributed by atoms with Crippen molar-refractivity contribution in [2.75, 3.05) is 44.6 Å². The molecule has 39 heavy (non-hydrogen) atoms. The van der Waals surface area contributed by atoms with Gasteiger partial charge < -0.3 is 14.5 Å². The van der Waals surface area contributed by atoms with Gasteiger partial charge in [-0.25, -0.2) is 9.40 Å². The lowest BCUT2D eigenvalue weighted by Gasteiger charge is -2.30. The summed E-state index contributed by atoms with van der Waals surface area (Å²) in [6.45, 7) is -0.290. The fourth-order valence-electron chi connectivity index (χ4n) is 5.35. The van der Waals surface area contributed by atoms with Gasteiger partial charge in [0.1, 0.15) is 0 Å². The molecule has 1 heterocycles. The number of hydrazone groups is 1. The molecular formula is C32H35FN4O2. The first-order chi connectivity index (χ1) is 18.8. The molecule has 2 aliphatic rings. The van der Waals surface area contributed by atoms with Crippen molar-refractivity contribution < 1.29 is 13.9 Å². The number of carbonyl (C=O) groups excluding carboxylic acids is 1. The van der Waals surface area contributed by atoms with Crippen LogP contribution in [0, 0.1) is 11.7 Å². The molecule has 1 fully saturated rings. The molecule has 3 aromatic rings. The van der Waals surface area contributed by atoms with E-state index in [4.69, 9.17) is 9.84 Å². The summed E-state index contributed by atoms with van der Waals surface area (Å²) < 4.78 is 19.7. The minimum atomic E-state index is -0.493. The van der Waals surface area contributed by atoms with Crippen LogP contribution in [0.2, 0.25) is 0 Å². The van der Waals surface area contributed by atoms with Crippen molar-refractivity contribution in [1.29, 1.82) is 0 Å². The third-order valence-corrected chi connectivity index (χ3v) is 7.45. The van der Waals surface area contributed by atoms with E-state index in [-0.39, 0.29) is 30.2 Å². The molecule has 7 heteroatoms. The van der Waals surface area contributed by atoms with Crippen molar-refractivity contribution in [3.05, 3.63) is 95.3 Å². The van der Waals surface area contributed by atoms with Crippen LogP contribution in [0.3, 0.4) is 0 Å². The second-order valence-corrected chi connectivity index (χ2v) is 10.5. The quantitative estimate of drug-likeness (QED) is 0.370. The molecule has 1 aliphatic heterocycles. The number of benzene rings is 3. The van der Waals surface area contributed by atoms with E-state index >= 15 is 0 Å². The number of hydrogen-bond acceptors (Lipinski definition) is 5. The van der Waals surface area contributed by atoms with Crippen molar-refractivity contribution in [1.82, 2.24) is 5.01 Å². The van der Waals surface area contributed by atoms with E-state index < -0.39 is 5.82 Å². The highest BCUT2D eigenvalue weighted by Gasteiger charge is 2.43. The molecule has 1 saturated carbocycles.